The summed E-state index contributed by atoms with van der Waals surface area (Å²) in [6.07, 6.45) is 8.50. The Morgan fingerprint density at radius 2 is 2.00 bits per heavy atom. The molecule has 0 unspecified atom stereocenters. The molecule has 62 valence electrons. The Morgan fingerprint density at radius 1 is 1.33 bits per heavy atom. The summed E-state index contributed by atoms with van der Waals surface area (Å²) in [5, 5.41) is 3.06. The third-order valence-electron chi connectivity index (χ3n) is 2.18. The van der Waals surface area contributed by atoms with Crippen LogP contribution < -0.4 is 5.32 Å². The van der Waals surface area contributed by atoms with Crippen molar-refractivity contribution >= 4 is 6.92 Å². The third kappa shape index (κ3) is 1.26. The molecule has 12 heavy (non-hydrogen) atoms. The molecule has 0 aromatic carbocycles. The highest BCUT2D eigenvalue weighted by Gasteiger charge is 2.30. The van der Waals surface area contributed by atoms with Gasteiger partial charge in [0.15, 0.2) is 0 Å². The minimum atomic E-state index is 0.235. The summed E-state index contributed by atoms with van der Waals surface area (Å²) in [6.45, 7) is 1.92. The first kappa shape index (κ1) is 7.83. The van der Waals surface area contributed by atoms with Gasteiger partial charge in [0.1, 0.15) is 0 Å². The van der Waals surface area contributed by atoms with Gasteiger partial charge in [0.05, 0.1) is 0 Å². The molecule has 0 amide bonds. The Morgan fingerprint density at radius 3 is 2.50 bits per heavy atom. The van der Waals surface area contributed by atoms with Gasteiger partial charge in [0.25, 0.3) is 0 Å². The number of likely N-dealkylation sites (N-methyl/N-ethyl adjacent to an activating group) is 1. The number of rotatable bonds is 4. The van der Waals surface area contributed by atoms with E-state index < -0.39 is 0 Å². The van der Waals surface area contributed by atoms with Crippen LogP contribution in [0.5, 0.6) is 0 Å². The van der Waals surface area contributed by atoms with Gasteiger partial charge in [0, 0.05) is 13.2 Å². The first-order valence-corrected chi connectivity index (χ1v) is 4.28. The second kappa shape index (κ2) is 3.29. The highest BCUT2D eigenvalue weighted by molar-refractivity contribution is 6.72. The summed E-state index contributed by atoms with van der Waals surface area (Å²) in [4.78, 5) is 0. The molecule has 2 heterocycles. The van der Waals surface area contributed by atoms with E-state index >= 15 is 0 Å². The van der Waals surface area contributed by atoms with E-state index in [1.165, 1.54) is 10.9 Å². The topological polar surface area (TPSA) is 21.3 Å². The number of hydrogen-bond acceptors (Lipinski definition) is 2. The van der Waals surface area contributed by atoms with Gasteiger partial charge in [-0.3, -0.25) is 0 Å². The molecule has 0 aromatic heterocycles. The van der Waals surface area contributed by atoms with Crippen molar-refractivity contribution in [3.63, 3.8) is 0 Å². The van der Waals surface area contributed by atoms with Crippen LogP contribution in [0.2, 0.25) is 0 Å². The first-order valence-electron chi connectivity index (χ1n) is 4.28. The SMILES string of the molecule is CNCCOB1C2=CC=C1C=C2. The summed E-state index contributed by atoms with van der Waals surface area (Å²) < 4.78 is 5.67. The lowest BCUT2D eigenvalue weighted by atomic mass is 9.61. The van der Waals surface area contributed by atoms with E-state index in [2.05, 4.69) is 29.6 Å². The molecule has 0 saturated carbocycles. The van der Waals surface area contributed by atoms with Gasteiger partial charge in [-0.05, 0) is 18.0 Å². The zero-order chi connectivity index (χ0) is 8.39. The largest absolute Gasteiger partial charge is 0.426 e. The monoisotopic (exact) mass is 161 g/mol. The van der Waals surface area contributed by atoms with Crippen molar-refractivity contribution in [2.24, 2.45) is 0 Å². The van der Waals surface area contributed by atoms with Gasteiger partial charge < -0.3 is 9.97 Å². The Hall–Kier alpha value is -0.795. The van der Waals surface area contributed by atoms with Crippen LogP contribution in [-0.4, -0.2) is 27.1 Å². The Kier molecular flexibility index (Phi) is 2.15. The number of allylic oxidation sites excluding steroid dienone is 6. The average molecular weight is 161 g/mol. The second-order valence-electron chi connectivity index (χ2n) is 3.02. The average Bonchev–Trinajstić information content (AvgIpc) is 2.65. The zero-order valence-electron chi connectivity index (χ0n) is 7.21. The maximum absolute atomic E-state index is 5.67. The van der Waals surface area contributed by atoms with Crippen molar-refractivity contribution in [1.82, 2.24) is 5.32 Å². The number of hydrogen-bond donors (Lipinski definition) is 1. The van der Waals surface area contributed by atoms with Crippen LogP contribution in [0.1, 0.15) is 0 Å². The summed E-state index contributed by atoms with van der Waals surface area (Å²) in [5.41, 5.74) is 2.59. The van der Waals surface area contributed by atoms with Crippen molar-refractivity contribution in [2.75, 3.05) is 20.2 Å². The number of nitrogens with one attached hydrogen (secondary N) is 1. The summed E-state index contributed by atoms with van der Waals surface area (Å²) in [6, 6.07) is 0. The van der Waals surface area contributed by atoms with Gasteiger partial charge in [-0.1, -0.05) is 24.3 Å². The fourth-order valence-electron chi connectivity index (χ4n) is 1.51. The fraction of sp³-hybridized carbons (Fsp3) is 0.333. The normalized spacial score (nSPS) is 18.6. The van der Waals surface area contributed by atoms with E-state index in [0.717, 1.165) is 13.2 Å². The van der Waals surface area contributed by atoms with Gasteiger partial charge >= 0.3 is 6.92 Å². The fourth-order valence-corrected chi connectivity index (χ4v) is 1.51. The Bertz CT molecular complexity index is 246. The van der Waals surface area contributed by atoms with Crippen molar-refractivity contribution < 1.29 is 4.65 Å². The van der Waals surface area contributed by atoms with Crippen LogP contribution in [0.3, 0.4) is 0 Å². The maximum Gasteiger partial charge on any atom is 0.361 e. The van der Waals surface area contributed by atoms with Crippen LogP contribution in [0, 0.1) is 0 Å². The van der Waals surface area contributed by atoms with Crippen LogP contribution in [-0.2, 0) is 4.65 Å². The highest BCUT2D eigenvalue weighted by Crippen LogP contribution is 2.27. The molecule has 2 nitrogen and oxygen atoms in total. The van der Waals surface area contributed by atoms with Gasteiger partial charge in [-0.15, -0.1) is 0 Å². The summed E-state index contributed by atoms with van der Waals surface area (Å²) >= 11 is 0. The van der Waals surface area contributed by atoms with Crippen LogP contribution in [0.25, 0.3) is 0 Å². The second-order valence-corrected chi connectivity index (χ2v) is 3.02. The lowest BCUT2D eigenvalue weighted by Crippen LogP contribution is -2.23. The first-order chi connectivity index (χ1) is 5.92. The minimum absolute atomic E-state index is 0.235. The number of fused-ring (bicyclic) bond motifs is 2. The Labute approximate surface area is 73.1 Å². The summed E-state index contributed by atoms with van der Waals surface area (Å²) in [7, 11) is 1.93. The molecule has 0 atom stereocenters. The van der Waals surface area contributed by atoms with Crippen LogP contribution in [0.15, 0.2) is 35.2 Å². The van der Waals surface area contributed by atoms with Crippen LogP contribution in [0.4, 0.5) is 0 Å². The highest BCUT2D eigenvalue weighted by atomic mass is 16.4. The molecular formula is C9H12BNO. The van der Waals surface area contributed by atoms with Crippen LogP contribution >= 0.6 is 0 Å². The molecule has 3 heteroatoms. The lowest BCUT2D eigenvalue weighted by Gasteiger charge is -2.07. The Balaban J connectivity index is 1.85. The van der Waals surface area contributed by atoms with Crippen molar-refractivity contribution in [2.45, 2.75) is 0 Å². The standard InChI is InChI=1S/C9H12BNO/c1-11-6-7-12-10-8-2-3-9(10)5-4-8/h2-5,11H,6-7H2,1H3. The molecule has 2 bridgehead atoms. The molecule has 0 spiro atoms. The third-order valence-corrected chi connectivity index (χ3v) is 2.18. The minimum Gasteiger partial charge on any atom is -0.426 e. The smallest absolute Gasteiger partial charge is 0.361 e. The van der Waals surface area contributed by atoms with E-state index in [9.17, 15) is 0 Å². The van der Waals surface area contributed by atoms with Crippen molar-refractivity contribution in [3.8, 4) is 0 Å². The van der Waals surface area contributed by atoms with E-state index in [1.54, 1.807) is 0 Å². The molecule has 2 rings (SSSR count). The van der Waals surface area contributed by atoms with E-state index in [1.807, 2.05) is 7.05 Å². The molecule has 0 radical (unpaired) electrons. The van der Waals surface area contributed by atoms with E-state index in [-0.39, 0.29) is 6.92 Å². The van der Waals surface area contributed by atoms with Crippen molar-refractivity contribution in [1.29, 1.82) is 0 Å². The van der Waals surface area contributed by atoms with Gasteiger partial charge in [0.2, 0.25) is 0 Å². The molecule has 0 fully saturated rings. The quantitative estimate of drug-likeness (QED) is 0.484. The van der Waals surface area contributed by atoms with Gasteiger partial charge in [-0.25, -0.2) is 0 Å². The molecule has 2 aliphatic heterocycles. The molecule has 0 saturated heterocycles. The van der Waals surface area contributed by atoms with E-state index in [0.29, 0.717) is 0 Å². The van der Waals surface area contributed by atoms with E-state index in [4.69, 9.17) is 4.65 Å². The molecule has 0 aromatic rings. The molecule has 2 aliphatic rings. The maximum atomic E-state index is 5.67. The summed E-state index contributed by atoms with van der Waals surface area (Å²) in [5.74, 6) is 0. The molecule has 0 aliphatic carbocycles. The lowest BCUT2D eigenvalue weighted by molar-refractivity contribution is 0.331. The predicted octanol–water partition coefficient (Wildman–Crippen LogP) is 0.728. The van der Waals surface area contributed by atoms with Crippen molar-refractivity contribution in [3.05, 3.63) is 35.2 Å². The molecule has 1 N–H and O–H groups in total. The van der Waals surface area contributed by atoms with Gasteiger partial charge in [-0.2, -0.15) is 0 Å². The predicted molar refractivity (Wildman–Crippen MR) is 50.9 cm³/mol. The molecular weight excluding hydrogens is 149 g/mol. The zero-order valence-corrected chi connectivity index (χ0v) is 7.21.